The first-order valence-corrected chi connectivity index (χ1v) is 13.8. The molecule has 8 nitrogen and oxygen atoms in total. The summed E-state index contributed by atoms with van der Waals surface area (Å²) in [6.07, 6.45) is 1.54. The average molecular weight is 534 g/mol. The Hall–Kier alpha value is -3.99. The molecule has 0 aliphatic carbocycles. The quantitative estimate of drug-likeness (QED) is 0.291. The van der Waals surface area contributed by atoms with Gasteiger partial charge >= 0.3 is 0 Å². The minimum atomic E-state index is -4.12. The number of thiophene rings is 1. The highest BCUT2D eigenvalue weighted by Crippen LogP contribution is 2.24. The zero-order valence-electron chi connectivity index (χ0n) is 19.5. The second kappa shape index (κ2) is 10.6. The molecule has 0 aliphatic heterocycles. The van der Waals surface area contributed by atoms with E-state index in [4.69, 9.17) is 4.42 Å². The van der Waals surface area contributed by atoms with Gasteiger partial charge in [0.2, 0.25) is 21.5 Å². The number of H-pyrrole nitrogens is 1. The topological polar surface area (TPSA) is 112 Å². The Morgan fingerprint density at radius 3 is 2.54 bits per heavy atom. The maximum absolute atomic E-state index is 14.0. The molecular formula is C27H23N3O5S2. The lowest BCUT2D eigenvalue weighted by Crippen LogP contribution is -2.42. The highest BCUT2D eigenvalue weighted by Gasteiger charge is 2.31. The molecule has 0 bridgehead atoms. The molecule has 0 fully saturated rings. The van der Waals surface area contributed by atoms with Crippen molar-refractivity contribution >= 4 is 38.2 Å². The molecule has 3 aromatic heterocycles. The Labute approximate surface area is 217 Å². The number of carbonyl (C=O) groups excluding carboxylic acids is 1. The molecule has 188 valence electrons. The van der Waals surface area contributed by atoms with Crippen molar-refractivity contribution in [3.05, 3.63) is 123 Å². The van der Waals surface area contributed by atoms with Crippen molar-refractivity contribution in [1.29, 1.82) is 0 Å². The molecular weight excluding hydrogens is 510 g/mol. The van der Waals surface area contributed by atoms with Gasteiger partial charge in [0.15, 0.2) is 0 Å². The summed E-state index contributed by atoms with van der Waals surface area (Å²) in [6.45, 7) is 0.476. The van der Waals surface area contributed by atoms with E-state index in [0.29, 0.717) is 28.8 Å². The third-order valence-corrected chi connectivity index (χ3v) is 8.11. The van der Waals surface area contributed by atoms with Crippen molar-refractivity contribution in [2.45, 2.75) is 24.0 Å². The van der Waals surface area contributed by atoms with E-state index in [2.05, 4.69) is 9.71 Å². The summed E-state index contributed by atoms with van der Waals surface area (Å²) in [7, 11) is -4.12. The fraction of sp³-hybridized carbons (Fsp3) is 0.111. The van der Waals surface area contributed by atoms with Crippen LogP contribution in [0, 0.1) is 0 Å². The molecule has 1 atom stereocenters. The second-order valence-electron chi connectivity index (χ2n) is 8.39. The number of amides is 1. The number of furan rings is 1. The van der Waals surface area contributed by atoms with Crippen LogP contribution in [-0.2, 0) is 27.9 Å². The highest BCUT2D eigenvalue weighted by atomic mass is 32.2. The molecule has 0 unspecified atom stereocenters. The highest BCUT2D eigenvalue weighted by molar-refractivity contribution is 7.89. The van der Waals surface area contributed by atoms with Gasteiger partial charge in [0.1, 0.15) is 11.8 Å². The maximum atomic E-state index is 14.0. The van der Waals surface area contributed by atoms with Crippen LogP contribution < -0.4 is 10.3 Å². The van der Waals surface area contributed by atoms with E-state index in [1.165, 1.54) is 41.9 Å². The molecule has 2 aromatic carbocycles. The van der Waals surface area contributed by atoms with Crippen LogP contribution in [-0.4, -0.2) is 24.2 Å². The molecule has 10 heteroatoms. The summed E-state index contributed by atoms with van der Waals surface area (Å²) in [6, 6.07) is 22.2. The minimum absolute atomic E-state index is 0.0170. The van der Waals surface area contributed by atoms with Gasteiger partial charge in [0, 0.05) is 16.5 Å². The maximum Gasteiger partial charge on any atom is 0.248 e. The van der Waals surface area contributed by atoms with E-state index in [1.807, 2.05) is 17.5 Å². The number of benzene rings is 2. The van der Waals surface area contributed by atoms with Gasteiger partial charge in [0.25, 0.3) is 0 Å². The van der Waals surface area contributed by atoms with Gasteiger partial charge < -0.3 is 14.3 Å². The summed E-state index contributed by atoms with van der Waals surface area (Å²) in [5.74, 6) is 0.174. The summed E-state index contributed by atoms with van der Waals surface area (Å²) in [5.41, 5.74) is 0.748. The van der Waals surface area contributed by atoms with E-state index < -0.39 is 22.0 Å². The van der Waals surface area contributed by atoms with Crippen molar-refractivity contribution in [3.8, 4) is 0 Å². The van der Waals surface area contributed by atoms with Crippen LogP contribution in [0.3, 0.4) is 0 Å². The standard InChI is InChI=1S/C27H23N3O5S2/c31-25-13-10-20-16-23(11-12-24(20)28-25)37(33,34)29-26(19-6-2-1-3-7-19)27(32)30(17-21-8-4-14-35-21)18-22-9-5-15-36-22/h1-16,26,29H,17-18H2,(H,28,31)/t26-/m1/s1. The fourth-order valence-electron chi connectivity index (χ4n) is 4.00. The van der Waals surface area contributed by atoms with Crippen LogP contribution in [0.1, 0.15) is 22.2 Å². The Balaban J connectivity index is 1.50. The third kappa shape index (κ3) is 5.72. The van der Waals surface area contributed by atoms with E-state index in [1.54, 1.807) is 53.4 Å². The molecule has 5 rings (SSSR count). The largest absolute Gasteiger partial charge is 0.467 e. The summed E-state index contributed by atoms with van der Waals surface area (Å²) in [4.78, 5) is 30.8. The van der Waals surface area contributed by atoms with Gasteiger partial charge in [0.05, 0.1) is 24.2 Å². The van der Waals surface area contributed by atoms with Crippen molar-refractivity contribution in [2.75, 3.05) is 0 Å². The molecule has 2 N–H and O–H groups in total. The van der Waals surface area contributed by atoms with E-state index in [0.717, 1.165) is 4.88 Å². The number of hydrogen-bond donors (Lipinski definition) is 2. The van der Waals surface area contributed by atoms with Gasteiger partial charge in [-0.25, -0.2) is 8.42 Å². The van der Waals surface area contributed by atoms with E-state index >= 15 is 0 Å². The first-order valence-electron chi connectivity index (χ1n) is 11.4. The van der Waals surface area contributed by atoms with E-state index in [9.17, 15) is 18.0 Å². The van der Waals surface area contributed by atoms with Crippen molar-refractivity contribution in [3.63, 3.8) is 0 Å². The van der Waals surface area contributed by atoms with Crippen LogP contribution in [0.25, 0.3) is 10.9 Å². The molecule has 0 spiro atoms. The molecule has 1 amide bonds. The van der Waals surface area contributed by atoms with Crippen LogP contribution in [0.2, 0.25) is 0 Å². The minimum Gasteiger partial charge on any atom is -0.467 e. The van der Waals surface area contributed by atoms with Crippen LogP contribution in [0.4, 0.5) is 0 Å². The Morgan fingerprint density at radius 1 is 0.973 bits per heavy atom. The molecule has 5 aromatic rings. The van der Waals surface area contributed by atoms with Crippen LogP contribution in [0.15, 0.2) is 111 Å². The summed E-state index contributed by atoms with van der Waals surface area (Å²) >= 11 is 1.51. The number of carbonyl (C=O) groups is 1. The van der Waals surface area contributed by atoms with Crippen molar-refractivity contribution in [2.24, 2.45) is 0 Å². The molecule has 0 aliphatic rings. The SMILES string of the molecule is O=C([C@H](NS(=O)(=O)c1ccc2[nH]c(=O)ccc2c1)c1ccccc1)N(Cc1ccco1)Cc1cccs1. The monoisotopic (exact) mass is 533 g/mol. The van der Waals surface area contributed by atoms with Crippen molar-refractivity contribution < 1.29 is 17.6 Å². The Morgan fingerprint density at radius 2 is 1.81 bits per heavy atom. The molecule has 0 saturated heterocycles. The Kier molecular flexibility index (Phi) is 7.04. The normalized spacial score (nSPS) is 12.4. The number of nitrogens with one attached hydrogen (secondary N) is 2. The molecule has 37 heavy (non-hydrogen) atoms. The average Bonchev–Trinajstić information content (AvgIpc) is 3.61. The van der Waals surface area contributed by atoms with Crippen molar-refractivity contribution in [1.82, 2.24) is 14.6 Å². The lowest BCUT2D eigenvalue weighted by atomic mass is 10.1. The zero-order valence-corrected chi connectivity index (χ0v) is 21.2. The molecule has 0 radical (unpaired) electrons. The number of nitrogens with zero attached hydrogens (tertiary/aromatic N) is 1. The fourth-order valence-corrected chi connectivity index (χ4v) is 5.94. The third-order valence-electron chi connectivity index (χ3n) is 5.82. The van der Waals surface area contributed by atoms with Gasteiger partial charge in [-0.05, 0) is 58.8 Å². The van der Waals surface area contributed by atoms with Gasteiger partial charge in [-0.2, -0.15) is 4.72 Å². The summed E-state index contributed by atoms with van der Waals surface area (Å²) in [5, 5.41) is 2.48. The first kappa shape index (κ1) is 24.7. The summed E-state index contributed by atoms with van der Waals surface area (Å²) < 4.78 is 35.1. The predicted molar refractivity (Wildman–Crippen MR) is 141 cm³/mol. The van der Waals surface area contributed by atoms with Gasteiger partial charge in [-0.3, -0.25) is 9.59 Å². The number of sulfonamides is 1. The number of aromatic nitrogens is 1. The number of rotatable bonds is 9. The number of fused-ring (bicyclic) bond motifs is 1. The lowest BCUT2D eigenvalue weighted by Gasteiger charge is -2.27. The Bertz CT molecular complexity index is 1630. The number of pyridine rings is 1. The molecule has 3 heterocycles. The van der Waals surface area contributed by atoms with Crippen LogP contribution in [0.5, 0.6) is 0 Å². The van der Waals surface area contributed by atoms with Gasteiger partial charge in [-0.1, -0.05) is 36.4 Å². The number of aromatic amines is 1. The number of hydrogen-bond acceptors (Lipinski definition) is 6. The predicted octanol–water partition coefficient (Wildman–Crippen LogP) is 4.43. The second-order valence-corrected chi connectivity index (χ2v) is 11.1. The molecule has 0 saturated carbocycles. The van der Waals surface area contributed by atoms with Crippen LogP contribution >= 0.6 is 11.3 Å². The van der Waals surface area contributed by atoms with E-state index in [-0.39, 0.29) is 17.0 Å². The smallest absolute Gasteiger partial charge is 0.248 e. The van der Waals surface area contributed by atoms with Gasteiger partial charge in [-0.15, -0.1) is 11.3 Å². The zero-order chi connectivity index (χ0) is 25.8. The lowest BCUT2D eigenvalue weighted by molar-refractivity contribution is -0.134. The first-order chi connectivity index (χ1) is 17.9.